The predicted octanol–water partition coefficient (Wildman–Crippen LogP) is 1.23. The van der Waals surface area contributed by atoms with Crippen LogP contribution in [0, 0.1) is 5.92 Å². The summed E-state index contributed by atoms with van der Waals surface area (Å²) in [5.41, 5.74) is 6.20. The number of carbonyl (C=O) groups is 1. The van der Waals surface area contributed by atoms with Crippen molar-refractivity contribution in [2.45, 2.75) is 32.9 Å². The number of aromatic nitrogens is 2. The first-order valence-electron chi connectivity index (χ1n) is 8.07. The summed E-state index contributed by atoms with van der Waals surface area (Å²) in [6.07, 6.45) is 0.873. The molecule has 0 spiro atoms. The van der Waals surface area contributed by atoms with Crippen LogP contribution in [-0.2, 0) is 6.54 Å². The first-order chi connectivity index (χ1) is 11.1. The van der Waals surface area contributed by atoms with Crippen molar-refractivity contribution >= 4 is 16.8 Å². The monoisotopic (exact) mass is 314 g/mol. The molecule has 6 heteroatoms. The Hall–Kier alpha value is -2.21. The van der Waals surface area contributed by atoms with Gasteiger partial charge in [-0.3, -0.25) is 14.3 Å². The van der Waals surface area contributed by atoms with Gasteiger partial charge in [-0.2, -0.15) is 5.10 Å². The van der Waals surface area contributed by atoms with E-state index < -0.39 is 0 Å². The fraction of sp³-hybridized carbons (Fsp3) is 0.471. The molecule has 0 saturated carbocycles. The number of likely N-dealkylation sites (tertiary alicyclic amines) is 1. The molecule has 6 nitrogen and oxygen atoms in total. The number of fused-ring (bicyclic) bond motifs is 1. The summed E-state index contributed by atoms with van der Waals surface area (Å²) >= 11 is 0. The molecule has 2 unspecified atom stereocenters. The first-order valence-corrected chi connectivity index (χ1v) is 8.07. The Labute approximate surface area is 134 Å². The van der Waals surface area contributed by atoms with Gasteiger partial charge in [-0.15, -0.1) is 0 Å². The van der Waals surface area contributed by atoms with Crippen LogP contribution in [0.25, 0.3) is 10.9 Å². The van der Waals surface area contributed by atoms with Gasteiger partial charge in [0.1, 0.15) is 0 Å². The van der Waals surface area contributed by atoms with Crippen molar-refractivity contribution in [3.8, 4) is 0 Å². The number of nitrogens with two attached hydrogens (primary N) is 1. The number of amides is 1. The normalized spacial score (nSPS) is 21.1. The molecule has 1 aromatic carbocycles. The van der Waals surface area contributed by atoms with Crippen molar-refractivity contribution in [2.75, 3.05) is 13.1 Å². The largest absolute Gasteiger partial charge is 0.334 e. The lowest BCUT2D eigenvalue weighted by Gasteiger charge is -2.21. The second kappa shape index (κ2) is 6.12. The minimum atomic E-state index is -0.293. The molecule has 2 heterocycles. The summed E-state index contributed by atoms with van der Waals surface area (Å²) < 4.78 is 1.71. The van der Waals surface area contributed by atoms with Crippen molar-refractivity contribution in [1.82, 2.24) is 14.7 Å². The molecule has 1 aliphatic rings. The standard InChI is InChI=1S/C17H22N4O2/c1-3-21-14-7-5-4-6-13(14)16(22)15(19-21)17(23)20-10-12(9-18)8-11(20)2/h4-7,11-12H,3,8-10,18H2,1-2H3. The number of hydrogen-bond acceptors (Lipinski definition) is 4. The van der Waals surface area contributed by atoms with Gasteiger partial charge in [-0.05, 0) is 44.9 Å². The Balaban J connectivity index is 2.08. The third-order valence-corrected chi connectivity index (χ3v) is 4.62. The molecule has 1 amide bonds. The van der Waals surface area contributed by atoms with E-state index in [1.807, 2.05) is 26.0 Å². The van der Waals surface area contributed by atoms with Gasteiger partial charge in [0.05, 0.1) is 5.52 Å². The van der Waals surface area contributed by atoms with Crippen molar-refractivity contribution in [1.29, 1.82) is 0 Å². The van der Waals surface area contributed by atoms with E-state index in [9.17, 15) is 9.59 Å². The van der Waals surface area contributed by atoms with Crippen molar-refractivity contribution in [3.63, 3.8) is 0 Å². The van der Waals surface area contributed by atoms with E-state index in [1.165, 1.54) is 0 Å². The summed E-state index contributed by atoms with van der Waals surface area (Å²) in [5.74, 6) is 0.00853. The lowest BCUT2D eigenvalue weighted by atomic mass is 10.1. The van der Waals surface area contributed by atoms with E-state index in [4.69, 9.17) is 5.73 Å². The van der Waals surface area contributed by atoms with Crippen LogP contribution in [0.3, 0.4) is 0 Å². The molecule has 3 rings (SSSR count). The topological polar surface area (TPSA) is 81.2 Å². The van der Waals surface area contributed by atoms with Gasteiger partial charge in [0.2, 0.25) is 5.43 Å². The number of carbonyl (C=O) groups excluding carboxylic acids is 1. The molecule has 2 N–H and O–H groups in total. The van der Waals surface area contributed by atoms with Gasteiger partial charge in [0.25, 0.3) is 5.91 Å². The zero-order valence-electron chi connectivity index (χ0n) is 13.5. The Bertz CT molecular complexity index is 799. The fourth-order valence-electron chi connectivity index (χ4n) is 3.35. The third kappa shape index (κ3) is 2.63. The maximum atomic E-state index is 12.9. The fourth-order valence-corrected chi connectivity index (χ4v) is 3.35. The van der Waals surface area contributed by atoms with E-state index >= 15 is 0 Å². The molecule has 1 fully saturated rings. The lowest BCUT2D eigenvalue weighted by molar-refractivity contribution is 0.0734. The minimum Gasteiger partial charge on any atom is -0.334 e. The highest BCUT2D eigenvalue weighted by Gasteiger charge is 2.34. The maximum Gasteiger partial charge on any atom is 0.278 e. The number of nitrogens with zero attached hydrogens (tertiary/aromatic N) is 3. The molecule has 0 bridgehead atoms. The Kier molecular flexibility index (Phi) is 4.17. The highest BCUT2D eigenvalue weighted by molar-refractivity contribution is 5.95. The summed E-state index contributed by atoms with van der Waals surface area (Å²) in [4.78, 5) is 27.3. The summed E-state index contributed by atoms with van der Waals surface area (Å²) in [5, 5.41) is 4.87. The van der Waals surface area contributed by atoms with Crippen LogP contribution in [0.4, 0.5) is 0 Å². The minimum absolute atomic E-state index is 0.00933. The molecule has 23 heavy (non-hydrogen) atoms. The van der Waals surface area contributed by atoms with Gasteiger partial charge in [-0.25, -0.2) is 0 Å². The van der Waals surface area contributed by atoms with Crippen LogP contribution in [-0.4, -0.2) is 39.7 Å². The summed E-state index contributed by atoms with van der Waals surface area (Å²) in [6, 6.07) is 7.36. The molecule has 1 aromatic heterocycles. The Morgan fingerprint density at radius 2 is 2.13 bits per heavy atom. The summed E-state index contributed by atoms with van der Waals surface area (Å²) in [6.45, 7) is 5.69. The SMILES string of the molecule is CCn1nc(C(=O)N2CC(CN)CC2C)c(=O)c2ccccc21. The van der Waals surface area contributed by atoms with Crippen molar-refractivity contribution in [2.24, 2.45) is 11.7 Å². The number of para-hydroxylation sites is 1. The molecule has 122 valence electrons. The highest BCUT2D eigenvalue weighted by Crippen LogP contribution is 2.23. The van der Waals surface area contributed by atoms with Gasteiger partial charge in [0, 0.05) is 24.5 Å². The molecule has 0 radical (unpaired) electrons. The van der Waals surface area contributed by atoms with E-state index in [-0.39, 0.29) is 23.1 Å². The maximum absolute atomic E-state index is 12.9. The van der Waals surface area contributed by atoms with Crippen molar-refractivity contribution in [3.05, 3.63) is 40.2 Å². The predicted molar refractivity (Wildman–Crippen MR) is 89.3 cm³/mol. The Morgan fingerprint density at radius 3 is 2.78 bits per heavy atom. The number of rotatable bonds is 3. The molecule has 1 saturated heterocycles. The highest BCUT2D eigenvalue weighted by atomic mass is 16.2. The van der Waals surface area contributed by atoms with Crippen LogP contribution in [0.2, 0.25) is 0 Å². The van der Waals surface area contributed by atoms with Crippen LogP contribution in [0.1, 0.15) is 30.8 Å². The molecule has 1 aliphatic heterocycles. The zero-order valence-corrected chi connectivity index (χ0v) is 13.5. The molecule has 2 atom stereocenters. The molecular formula is C17H22N4O2. The number of benzene rings is 1. The summed E-state index contributed by atoms with van der Waals surface area (Å²) in [7, 11) is 0. The second-order valence-corrected chi connectivity index (χ2v) is 6.15. The number of hydrogen-bond donors (Lipinski definition) is 1. The van der Waals surface area contributed by atoms with E-state index in [2.05, 4.69) is 5.10 Å². The second-order valence-electron chi connectivity index (χ2n) is 6.15. The van der Waals surface area contributed by atoms with Crippen LogP contribution < -0.4 is 11.2 Å². The Morgan fingerprint density at radius 1 is 1.39 bits per heavy atom. The molecular weight excluding hydrogens is 292 g/mol. The average molecular weight is 314 g/mol. The van der Waals surface area contributed by atoms with E-state index in [1.54, 1.807) is 21.7 Å². The number of aryl methyl sites for hydroxylation is 1. The quantitative estimate of drug-likeness (QED) is 0.924. The van der Waals surface area contributed by atoms with Crippen LogP contribution in [0.5, 0.6) is 0 Å². The third-order valence-electron chi connectivity index (χ3n) is 4.62. The average Bonchev–Trinajstić information content (AvgIpc) is 2.96. The smallest absolute Gasteiger partial charge is 0.278 e. The first kappa shape index (κ1) is 15.7. The lowest BCUT2D eigenvalue weighted by Crippen LogP contribution is -2.38. The van der Waals surface area contributed by atoms with Gasteiger partial charge >= 0.3 is 0 Å². The van der Waals surface area contributed by atoms with Gasteiger partial charge < -0.3 is 10.6 Å². The van der Waals surface area contributed by atoms with Gasteiger partial charge in [-0.1, -0.05) is 12.1 Å². The molecule has 2 aromatic rings. The molecule has 0 aliphatic carbocycles. The zero-order chi connectivity index (χ0) is 16.6. The van der Waals surface area contributed by atoms with Gasteiger partial charge in [0.15, 0.2) is 5.69 Å². The van der Waals surface area contributed by atoms with Crippen LogP contribution >= 0.6 is 0 Å². The van der Waals surface area contributed by atoms with Crippen LogP contribution in [0.15, 0.2) is 29.1 Å². The van der Waals surface area contributed by atoms with Crippen molar-refractivity contribution < 1.29 is 4.79 Å². The van der Waals surface area contributed by atoms with E-state index in [0.717, 1.165) is 11.9 Å². The van der Waals surface area contributed by atoms with E-state index in [0.29, 0.717) is 30.9 Å².